The fraction of sp³-hybridized carbons (Fsp3) is 0.440. The van der Waals surface area contributed by atoms with Crippen LogP contribution >= 0.6 is 0 Å². The number of ether oxygens (including phenoxy) is 1. The van der Waals surface area contributed by atoms with Crippen LogP contribution in [0.1, 0.15) is 36.8 Å². The Hall–Kier alpha value is -3.62. The van der Waals surface area contributed by atoms with E-state index in [-0.39, 0.29) is 6.03 Å². The summed E-state index contributed by atoms with van der Waals surface area (Å²) in [7, 11) is 0. The van der Waals surface area contributed by atoms with Crippen molar-refractivity contribution in [3.63, 3.8) is 0 Å². The van der Waals surface area contributed by atoms with Gasteiger partial charge in [0.2, 0.25) is 11.7 Å². The second-order valence-corrected chi connectivity index (χ2v) is 8.97. The summed E-state index contributed by atoms with van der Waals surface area (Å²) in [4.78, 5) is 24.8. The Morgan fingerprint density at radius 1 is 1.15 bits per heavy atom. The Labute approximate surface area is 199 Å². The molecular formula is C25H32N6O3. The van der Waals surface area contributed by atoms with Crippen LogP contribution in [0.15, 0.2) is 35.0 Å². The molecule has 0 aliphatic carbocycles. The molecule has 0 radical (unpaired) electrons. The van der Waals surface area contributed by atoms with Crippen molar-refractivity contribution in [1.82, 2.24) is 20.0 Å². The van der Waals surface area contributed by atoms with E-state index in [0.717, 1.165) is 54.1 Å². The van der Waals surface area contributed by atoms with Crippen molar-refractivity contribution >= 4 is 17.5 Å². The highest BCUT2D eigenvalue weighted by molar-refractivity contribution is 5.94. The first kappa shape index (κ1) is 23.5. The zero-order chi connectivity index (χ0) is 24.2. The lowest BCUT2D eigenvalue weighted by molar-refractivity contribution is 0.214. The summed E-state index contributed by atoms with van der Waals surface area (Å²) in [6.45, 7) is 10.8. The molecule has 9 nitrogen and oxygen atoms in total. The lowest BCUT2D eigenvalue weighted by Gasteiger charge is -2.21. The van der Waals surface area contributed by atoms with Gasteiger partial charge < -0.3 is 19.9 Å². The van der Waals surface area contributed by atoms with E-state index in [2.05, 4.69) is 22.0 Å². The third-order valence-electron chi connectivity index (χ3n) is 6.17. The number of benzene rings is 1. The van der Waals surface area contributed by atoms with Gasteiger partial charge in [0.15, 0.2) is 0 Å². The van der Waals surface area contributed by atoms with Crippen LogP contribution in [0.5, 0.6) is 5.75 Å². The third kappa shape index (κ3) is 5.30. The van der Waals surface area contributed by atoms with E-state index in [4.69, 9.17) is 15.0 Å². The average molecular weight is 465 g/mol. The van der Waals surface area contributed by atoms with Gasteiger partial charge in [-0.25, -0.2) is 9.78 Å². The van der Waals surface area contributed by atoms with Crippen molar-refractivity contribution in [3.8, 4) is 17.1 Å². The van der Waals surface area contributed by atoms with E-state index in [0.29, 0.717) is 36.6 Å². The molecule has 3 heterocycles. The minimum absolute atomic E-state index is 0.0252. The van der Waals surface area contributed by atoms with Gasteiger partial charge in [0.05, 0.1) is 12.3 Å². The Morgan fingerprint density at radius 3 is 2.59 bits per heavy atom. The Morgan fingerprint density at radius 2 is 1.91 bits per heavy atom. The molecule has 1 saturated heterocycles. The number of aromatic nitrogens is 3. The molecule has 1 aliphatic rings. The number of amides is 2. The molecule has 34 heavy (non-hydrogen) atoms. The number of anilines is 2. The Balaban J connectivity index is 1.25. The predicted molar refractivity (Wildman–Crippen MR) is 131 cm³/mol. The first-order valence-electron chi connectivity index (χ1n) is 11.6. The van der Waals surface area contributed by atoms with Crippen molar-refractivity contribution in [3.05, 3.63) is 47.5 Å². The topological polar surface area (TPSA) is 111 Å². The van der Waals surface area contributed by atoms with Gasteiger partial charge in [-0.15, -0.1) is 0 Å². The highest BCUT2D eigenvalue weighted by atomic mass is 16.5. The molecule has 0 spiro atoms. The fourth-order valence-corrected chi connectivity index (χ4v) is 4.24. The quantitative estimate of drug-likeness (QED) is 0.500. The first-order chi connectivity index (χ1) is 16.3. The number of carbonyl (C=O) groups excluding carboxylic acids is 1. The largest absolute Gasteiger partial charge is 0.493 e. The summed E-state index contributed by atoms with van der Waals surface area (Å²) in [5.41, 5.74) is 9.58. The lowest BCUT2D eigenvalue weighted by Crippen LogP contribution is -2.33. The minimum atomic E-state index is 0.0252. The molecule has 1 fully saturated rings. The maximum atomic E-state index is 12.8. The van der Waals surface area contributed by atoms with Crippen molar-refractivity contribution in [2.45, 2.75) is 40.5 Å². The first-order valence-corrected chi connectivity index (χ1v) is 11.6. The number of rotatable bonds is 9. The van der Waals surface area contributed by atoms with Gasteiger partial charge in [0.1, 0.15) is 11.6 Å². The molecule has 180 valence electrons. The number of carbonyl (C=O) groups is 1. The number of hydrogen-bond donors (Lipinski definition) is 1. The molecule has 1 atom stereocenters. The lowest BCUT2D eigenvalue weighted by atomic mass is 10.0. The van der Waals surface area contributed by atoms with Crippen LogP contribution < -0.4 is 15.4 Å². The predicted octanol–water partition coefficient (Wildman–Crippen LogP) is 4.38. The molecule has 9 heteroatoms. The number of nitrogen functional groups attached to an aromatic ring is 1. The van der Waals surface area contributed by atoms with Gasteiger partial charge in [0, 0.05) is 44.4 Å². The summed E-state index contributed by atoms with van der Waals surface area (Å²) >= 11 is 0. The van der Waals surface area contributed by atoms with Gasteiger partial charge in [-0.1, -0.05) is 12.1 Å². The van der Waals surface area contributed by atoms with E-state index in [1.165, 1.54) is 0 Å². The number of aryl methyl sites for hydroxylation is 3. The van der Waals surface area contributed by atoms with Crippen LogP contribution in [0.3, 0.4) is 0 Å². The van der Waals surface area contributed by atoms with Crippen molar-refractivity contribution in [1.29, 1.82) is 0 Å². The standard InChI is InChI=1S/C25H32N6O3/c1-16(6-9-30-10-11-31(25(30)32)21-5-8-27-22(26)15-21)7-12-33-23-17(2)13-20(14-18(23)3)24-28-19(4)34-29-24/h5,8,13-16H,6-7,9-12H2,1-4H3,(H2,26,27). The highest BCUT2D eigenvalue weighted by Crippen LogP contribution is 2.29. The van der Waals surface area contributed by atoms with E-state index in [9.17, 15) is 4.79 Å². The molecule has 1 aromatic carbocycles. The smallest absolute Gasteiger partial charge is 0.324 e. The molecule has 3 aromatic rings. The number of nitrogens with zero attached hydrogens (tertiary/aromatic N) is 5. The molecule has 2 amide bonds. The molecule has 0 saturated carbocycles. The monoisotopic (exact) mass is 464 g/mol. The highest BCUT2D eigenvalue weighted by Gasteiger charge is 2.29. The van der Waals surface area contributed by atoms with Crippen LogP contribution in [0, 0.1) is 26.7 Å². The number of hydrogen-bond acceptors (Lipinski definition) is 7. The summed E-state index contributed by atoms with van der Waals surface area (Å²) in [5.74, 6) is 2.89. The fourth-order valence-electron chi connectivity index (χ4n) is 4.24. The molecule has 2 N–H and O–H groups in total. The summed E-state index contributed by atoms with van der Waals surface area (Å²) in [5, 5.41) is 4.00. The summed E-state index contributed by atoms with van der Waals surface area (Å²) < 4.78 is 11.2. The van der Waals surface area contributed by atoms with Crippen LogP contribution in [0.25, 0.3) is 11.4 Å². The van der Waals surface area contributed by atoms with Crippen LogP contribution in [0.4, 0.5) is 16.3 Å². The minimum Gasteiger partial charge on any atom is -0.493 e. The van der Waals surface area contributed by atoms with Crippen molar-refractivity contribution in [2.75, 3.05) is 36.9 Å². The second kappa shape index (κ2) is 10.1. The normalized spacial score (nSPS) is 14.6. The zero-order valence-corrected chi connectivity index (χ0v) is 20.2. The van der Waals surface area contributed by atoms with Crippen molar-refractivity contribution < 1.29 is 14.1 Å². The van der Waals surface area contributed by atoms with Gasteiger partial charge in [-0.05, 0) is 61.9 Å². The van der Waals surface area contributed by atoms with Gasteiger partial charge >= 0.3 is 6.03 Å². The van der Waals surface area contributed by atoms with Crippen LogP contribution in [-0.4, -0.2) is 52.3 Å². The van der Waals surface area contributed by atoms with Crippen LogP contribution in [0.2, 0.25) is 0 Å². The molecule has 1 aliphatic heterocycles. The molecular weight excluding hydrogens is 432 g/mol. The number of urea groups is 1. The second-order valence-electron chi connectivity index (χ2n) is 8.97. The number of nitrogens with two attached hydrogens (primary N) is 1. The Kier molecular flexibility index (Phi) is 7.00. The summed E-state index contributed by atoms with van der Waals surface area (Å²) in [6, 6.07) is 7.63. The molecule has 0 bridgehead atoms. The van der Waals surface area contributed by atoms with Gasteiger partial charge in [-0.3, -0.25) is 4.90 Å². The Bertz CT molecular complexity index is 1140. The van der Waals surface area contributed by atoms with Crippen LogP contribution in [-0.2, 0) is 0 Å². The van der Waals surface area contributed by atoms with Gasteiger partial charge in [0.25, 0.3) is 0 Å². The van der Waals surface area contributed by atoms with E-state index < -0.39 is 0 Å². The number of pyridine rings is 1. The SMILES string of the molecule is Cc1nc(-c2cc(C)c(OCCC(C)CCN3CCN(c4ccnc(N)c4)C3=O)c(C)c2)no1. The average Bonchev–Trinajstić information content (AvgIpc) is 3.39. The third-order valence-corrected chi connectivity index (χ3v) is 6.17. The van der Waals surface area contributed by atoms with E-state index in [1.807, 2.05) is 36.9 Å². The maximum Gasteiger partial charge on any atom is 0.324 e. The van der Waals surface area contributed by atoms with E-state index >= 15 is 0 Å². The maximum absolute atomic E-state index is 12.8. The zero-order valence-electron chi connectivity index (χ0n) is 20.2. The molecule has 4 rings (SSSR count). The van der Waals surface area contributed by atoms with Crippen molar-refractivity contribution in [2.24, 2.45) is 5.92 Å². The molecule has 2 aromatic heterocycles. The van der Waals surface area contributed by atoms with Gasteiger partial charge in [-0.2, -0.15) is 4.98 Å². The molecule has 1 unspecified atom stereocenters. The summed E-state index contributed by atoms with van der Waals surface area (Å²) in [6.07, 6.45) is 3.47. The van der Waals surface area contributed by atoms with E-state index in [1.54, 1.807) is 24.1 Å².